The first-order valence-corrected chi connectivity index (χ1v) is 10.6. The van der Waals surface area contributed by atoms with Crippen molar-refractivity contribution < 1.29 is 23.8 Å². The number of rotatable bonds is 10. The second kappa shape index (κ2) is 11.6. The van der Waals surface area contributed by atoms with Crippen LogP contribution in [0.4, 0.5) is 5.69 Å². The Morgan fingerprint density at radius 2 is 1.58 bits per heavy atom. The van der Waals surface area contributed by atoms with E-state index in [1.165, 1.54) is 0 Å². The van der Waals surface area contributed by atoms with Crippen LogP contribution in [0.25, 0.3) is 0 Å². The largest absolute Gasteiger partial charge is 0.497 e. The molecule has 7 nitrogen and oxygen atoms in total. The molecule has 0 radical (unpaired) electrons. The summed E-state index contributed by atoms with van der Waals surface area (Å²) in [6, 6.07) is 21.3. The zero-order valence-electron chi connectivity index (χ0n) is 19.0. The third-order valence-corrected chi connectivity index (χ3v) is 4.59. The molecule has 3 rings (SSSR count). The van der Waals surface area contributed by atoms with E-state index in [9.17, 15) is 9.59 Å². The van der Waals surface area contributed by atoms with Crippen LogP contribution < -0.4 is 24.8 Å². The average Bonchev–Trinajstić information content (AvgIpc) is 2.82. The van der Waals surface area contributed by atoms with E-state index in [1.54, 1.807) is 55.6 Å². The topological polar surface area (TPSA) is 85.9 Å². The van der Waals surface area contributed by atoms with Gasteiger partial charge in [0.15, 0.2) is 6.61 Å². The number of nitrogens with one attached hydrogen (secondary N) is 2. The number of anilines is 1. The Kier molecular flexibility index (Phi) is 8.30. The van der Waals surface area contributed by atoms with Crippen molar-refractivity contribution >= 4 is 17.5 Å². The molecule has 0 aliphatic rings. The molecule has 0 fully saturated rings. The predicted molar refractivity (Wildman–Crippen MR) is 127 cm³/mol. The van der Waals surface area contributed by atoms with Gasteiger partial charge in [-0.3, -0.25) is 9.59 Å². The molecule has 0 saturated heterocycles. The Labute approximate surface area is 193 Å². The van der Waals surface area contributed by atoms with Gasteiger partial charge in [0.1, 0.15) is 17.2 Å². The van der Waals surface area contributed by atoms with E-state index in [0.717, 1.165) is 11.3 Å². The summed E-state index contributed by atoms with van der Waals surface area (Å²) in [6.07, 6.45) is 0.116. The van der Waals surface area contributed by atoms with E-state index in [2.05, 4.69) is 10.6 Å². The summed E-state index contributed by atoms with van der Waals surface area (Å²) in [5.74, 6) is 1.45. The highest BCUT2D eigenvalue weighted by Crippen LogP contribution is 2.17. The minimum absolute atomic E-state index is 0.116. The summed E-state index contributed by atoms with van der Waals surface area (Å²) in [6.45, 7) is 4.20. The SMILES string of the molecule is COc1cccc(NC(=O)COc2ccc(C(=O)NCc3ccc(OC(C)C)cc3)cc2)c1. The number of methoxy groups -OCH3 is 1. The molecule has 0 heterocycles. The molecule has 0 aromatic heterocycles. The molecule has 0 aliphatic carbocycles. The zero-order chi connectivity index (χ0) is 23.6. The van der Waals surface area contributed by atoms with Crippen LogP contribution in [0.1, 0.15) is 29.8 Å². The fourth-order valence-corrected chi connectivity index (χ4v) is 2.99. The molecule has 0 aliphatic heterocycles. The third kappa shape index (κ3) is 7.57. The van der Waals surface area contributed by atoms with Crippen molar-refractivity contribution in [1.82, 2.24) is 5.32 Å². The van der Waals surface area contributed by atoms with Gasteiger partial charge in [0, 0.05) is 23.9 Å². The maximum Gasteiger partial charge on any atom is 0.262 e. The maximum atomic E-state index is 12.4. The smallest absolute Gasteiger partial charge is 0.262 e. The third-order valence-electron chi connectivity index (χ3n) is 4.59. The highest BCUT2D eigenvalue weighted by molar-refractivity contribution is 5.94. The Hall–Kier alpha value is -4.00. The van der Waals surface area contributed by atoms with Gasteiger partial charge in [-0.25, -0.2) is 0 Å². The van der Waals surface area contributed by atoms with Crippen LogP contribution in [0.15, 0.2) is 72.8 Å². The highest BCUT2D eigenvalue weighted by atomic mass is 16.5. The Balaban J connectivity index is 1.45. The lowest BCUT2D eigenvalue weighted by Crippen LogP contribution is -2.23. The second-order valence-electron chi connectivity index (χ2n) is 7.59. The fourth-order valence-electron chi connectivity index (χ4n) is 2.99. The van der Waals surface area contributed by atoms with E-state index >= 15 is 0 Å². The number of hydrogen-bond donors (Lipinski definition) is 2. The van der Waals surface area contributed by atoms with Gasteiger partial charge in [0.05, 0.1) is 13.2 Å². The van der Waals surface area contributed by atoms with Crippen molar-refractivity contribution in [3.05, 3.63) is 83.9 Å². The molecular formula is C26H28N2O5. The van der Waals surface area contributed by atoms with Crippen LogP contribution in [0.2, 0.25) is 0 Å². The minimum atomic E-state index is -0.296. The fraction of sp³-hybridized carbons (Fsp3) is 0.231. The maximum absolute atomic E-state index is 12.4. The van der Waals surface area contributed by atoms with Crippen molar-refractivity contribution in [3.63, 3.8) is 0 Å². The van der Waals surface area contributed by atoms with Crippen molar-refractivity contribution in [2.45, 2.75) is 26.5 Å². The standard InChI is InChI=1S/C26H28N2O5/c1-18(2)33-23-11-7-19(8-12-23)16-27-26(30)20-9-13-22(14-10-20)32-17-25(29)28-21-5-4-6-24(15-21)31-3/h4-15,18H,16-17H2,1-3H3,(H,27,30)(H,28,29). The number of ether oxygens (including phenoxy) is 3. The monoisotopic (exact) mass is 448 g/mol. The molecule has 3 aromatic rings. The number of carbonyl (C=O) groups excluding carboxylic acids is 2. The molecule has 0 unspecified atom stereocenters. The van der Waals surface area contributed by atoms with E-state index in [1.807, 2.05) is 38.1 Å². The normalized spacial score (nSPS) is 10.4. The molecule has 2 amide bonds. The van der Waals surface area contributed by atoms with Crippen LogP contribution in [0.5, 0.6) is 17.2 Å². The summed E-state index contributed by atoms with van der Waals surface area (Å²) in [7, 11) is 1.56. The molecule has 0 saturated carbocycles. The van der Waals surface area contributed by atoms with Crippen molar-refractivity contribution in [1.29, 1.82) is 0 Å². The number of hydrogen-bond acceptors (Lipinski definition) is 5. The number of amides is 2. The van der Waals surface area contributed by atoms with Crippen LogP contribution in [-0.2, 0) is 11.3 Å². The van der Waals surface area contributed by atoms with Crippen LogP contribution >= 0.6 is 0 Å². The Morgan fingerprint density at radius 1 is 0.879 bits per heavy atom. The summed E-state index contributed by atoms with van der Waals surface area (Å²) >= 11 is 0. The van der Waals surface area contributed by atoms with Gasteiger partial charge in [0.2, 0.25) is 0 Å². The Morgan fingerprint density at radius 3 is 2.24 bits per heavy atom. The van der Waals surface area contributed by atoms with Gasteiger partial charge in [0.25, 0.3) is 11.8 Å². The lowest BCUT2D eigenvalue weighted by atomic mass is 10.2. The van der Waals surface area contributed by atoms with Gasteiger partial charge in [-0.1, -0.05) is 18.2 Å². The van der Waals surface area contributed by atoms with Crippen molar-refractivity contribution in [2.75, 3.05) is 19.0 Å². The summed E-state index contributed by atoms with van der Waals surface area (Å²) in [4.78, 5) is 24.5. The molecule has 33 heavy (non-hydrogen) atoms. The molecule has 0 bridgehead atoms. The summed E-state index contributed by atoms with van der Waals surface area (Å²) in [5.41, 5.74) is 2.10. The first-order valence-electron chi connectivity index (χ1n) is 10.6. The van der Waals surface area contributed by atoms with Crippen LogP contribution in [0, 0.1) is 0 Å². The molecule has 2 N–H and O–H groups in total. The number of carbonyl (C=O) groups is 2. The first kappa shape index (κ1) is 23.7. The van der Waals surface area contributed by atoms with Gasteiger partial charge >= 0.3 is 0 Å². The van der Waals surface area contributed by atoms with Gasteiger partial charge in [-0.15, -0.1) is 0 Å². The van der Waals surface area contributed by atoms with Gasteiger partial charge in [-0.05, 0) is 67.9 Å². The Bertz CT molecular complexity index is 1060. The highest BCUT2D eigenvalue weighted by Gasteiger charge is 2.08. The lowest BCUT2D eigenvalue weighted by molar-refractivity contribution is -0.118. The molecule has 0 atom stereocenters. The van der Waals surface area contributed by atoms with Gasteiger partial charge < -0.3 is 24.8 Å². The number of benzene rings is 3. The zero-order valence-corrected chi connectivity index (χ0v) is 19.0. The van der Waals surface area contributed by atoms with Crippen molar-refractivity contribution in [2.24, 2.45) is 0 Å². The van der Waals surface area contributed by atoms with E-state index < -0.39 is 0 Å². The van der Waals surface area contributed by atoms with Gasteiger partial charge in [-0.2, -0.15) is 0 Å². The molecule has 3 aromatic carbocycles. The molecule has 172 valence electrons. The molecule has 7 heteroatoms. The van der Waals surface area contributed by atoms with Crippen LogP contribution in [0.3, 0.4) is 0 Å². The minimum Gasteiger partial charge on any atom is -0.497 e. The summed E-state index contributed by atoms with van der Waals surface area (Å²) < 4.78 is 16.3. The molecular weight excluding hydrogens is 420 g/mol. The summed E-state index contributed by atoms with van der Waals surface area (Å²) in [5, 5.41) is 5.63. The van der Waals surface area contributed by atoms with E-state index in [-0.39, 0.29) is 24.5 Å². The van der Waals surface area contributed by atoms with Crippen molar-refractivity contribution in [3.8, 4) is 17.2 Å². The van der Waals surface area contributed by atoms with Crippen LogP contribution in [-0.4, -0.2) is 31.6 Å². The van der Waals surface area contributed by atoms with E-state index in [4.69, 9.17) is 14.2 Å². The molecule has 0 spiro atoms. The lowest BCUT2D eigenvalue weighted by Gasteiger charge is -2.11. The average molecular weight is 449 g/mol. The first-order chi connectivity index (χ1) is 15.9. The quantitative estimate of drug-likeness (QED) is 0.479. The predicted octanol–water partition coefficient (Wildman–Crippen LogP) is 4.43. The second-order valence-corrected chi connectivity index (χ2v) is 7.59. The van der Waals surface area contributed by atoms with E-state index in [0.29, 0.717) is 29.3 Å².